The van der Waals surface area contributed by atoms with E-state index in [4.69, 9.17) is 0 Å². The van der Waals surface area contributed by atoms with Gasteiger partial charge in [-0.25, -0.2) is 9.67 Å². The summed E-state index contributed by atoms with van der Waals surface area (Å²) in [4.78, 5) is 8.49. The third-order valence-corrected chi connectivity index (χ3v) is 1.92. The van der Waals surface area contributed by atoms with Crippen molar-refractivity contribution in [1.29, 1.82) is 0 Å². The Bertz CT molecular complexity index is 410. The Kier molecular flexibility index (Phi) is 2.92. The van der Waals surface area contributed by atoms with Crippen molar-refractivity contribution in [2.24, 2.45) is 0 Å². The quantitative estimate of drug-likeness (QED) is 0.817. The van der Waals surface area contributed by atoms with Crippen molar-refractivity contribution in [3.8, 4) is 5.82 Å². The molecule has 0 spiro atoms. The molecule has 0 aliphatic heterocycles. The van der Waals surface area contributed by atoms with Crippen molar-refractivity contribution in [3.63, 3.8) is 0 Å². The molecule has 0 bridgehead atoms. The van der Waals surface area contributed by atoms with Crippen LogP contribution in [-0.2, 0) is 0 Å². The van der Waals surface area contributed by atoms with Gasteiger partial charge in [0, 0.05) is 18.9 Å². The summed E-state index contributed by atoms with van der Waals surface area (Å²) in [6.07, 6.45) is 8.02. The van der Waals surface area contributed by atoms with E-state index in [0.717, 1.165) is 24.6 Å². The largest absolute Gasteiger partial charge is 0.369 e. The summed E-state index contributed by atoms with van der Waals surface area (Å²) in [5.74, 6) is 1.51. The second-order valence-corrected chi connectivity index (χ2v) is 3.14. The van der Waals surface area contributed by atoms with E-state index < -0.39 is 0 Å². The van der Waals surface area contributed by atoms with Crippen molar-refractivity contribution < 1.29 is 0 Å². The van der Waals surface area contributed by atoms with Gasteiger partial charge in [0.2, 0.25) is 0 Å². The average Bonchev–Trinajstić information content (AvgIpc) is 2.80. The van der Waals surface area contributed by atoms with Crippen LogP contribution in [0, 0.1) is 0 Å². The Morgan fingerprint density at radius 2 is 2.33 bits per heavy atom. The zero-order valence-corrected chi connectivity index (χ0v) is 8.59. The van der Waals surface area contributed by atoms with E-state index in [-0.39, 0.29) is 0 Å². The molecule has 5 nitrogen and oxygen atoms in total. The lowest BCUT2D eigenvalue weighted by Gasteiger charge is -2.05. The predicted molar refractivity (Wildman–Crippen MR) is 57.9 cm³/mol. The molecule has 0 unspecified atom stereocenters. The number of aromatic nitrogens is 4. The van der Waals surface area contributed by atoms with Crippen LogP contribution in [0.5, 0.6) is 0 Å². The van der Waals surface area contributed by atoms with Crippen molar-refractivity contribution in [2.75, 3.05) is 11.9 Å². The first kappa shape index (κ1) is 9.64. The molecule has 15 heavy (non-hydrogen) atoms. The minimum Gasteiger partial charge on any atom is -0.369 e. The topological polar surface area (TPSA) is 55.6 Å². The Balaban J connectivity index is 2.19. The maximum Gasteiger partial charge on any atom is 0.173 e. The molecule has 0 aliphatic rings. The fourth-order valence-electron chi connectivity index (χ4n) is 1.21. The summed E-state index contributed by atoms with van der Waals surface area (Å²) in [6.45, 7) is 3.01. The van der Waals surface area contributed by atoms with Gasteiger partial charge >= 0.3 is 0 Å². The van der Waals surface area contributed by atoms with Gasteiger partial charge in [0.1, 0.15) is 5.82 Å². The van der Waals surface area contributed by atoms with Crippen LogP contribution < -0.4 is 5.32 Å². The van der Waals surface area contributed by atoms with Crippen LogP contribution in [0.4, 0.5) is 5.82 Å². The van der Waals surface area contributed by atoms with Gasteiger partial charge in [0.05, 0.1) is 12.4 Å². The molecule has 0 atom stereocenters. The van der Waals surface area contributed by atoms with E-state index in [0.29, 0.717) is 0 Å². The average molecular weight is 203 g/mol. The highest BCUT2D eigenvalue weighted by molar-refractivity contribution is 5.35. The molecule has 0 aliphatic carbocycles. The zero-order valence-electron chi connectivity index (χ0n) is 8.59. The molecule has 2 rings (SSSR count). The first-order chi connectivity index (χ1) is 7.40. The maximum atomic E-state index is 4.38. The lowest BCUT2D eigenvalue weighted by atomic mass is 10.5. The number of nitrogens with one attached hydrogen (secondary N) is 1. The number of nitrogens with zero attached hydrogens (tertiary/aromatic N) is 4. The van der Waals surface area contributed by atoms with Crippen LogP contribution in [0.1, 0.15) is 13.3 Å². The van der Waals surface area contributed by atoms with Crippen LogP contribution in [-0.4, -0.2) is 26.3 Å². The van der Waals surface area contributed by atoms with Gasteiger partial charge in [0.25, 0.3) is 0 Å². The lowest BCUT2D eigenvalue weighted by molar-refractivity contribution is 0.836. The van der Waals surface area contributed by atoms with Crippen LogP contribution in [0.15, 0.2) is 30.9 Å². The third-order valence-electron chi connectivity index (χ3n) is 1.92. The maximum absolute atomic E-state index is 4.38. The number of anilines is 1. The Morgan fingerprint density at radius 1 is 1.40 bits per heavy atom. The highest BCUT2D eigenvalue weighted by Gasteiger charge is 1.99. The molecular formula is C10H13N5. The second-order valence-electron chi connectivity index (χ2n) is 3.14. The molecule has 0 saturated heterocycles. The predicted octanol–water partition coefficient (Wildman–Crippen LogP) is 1.48. The van der Waals surface area contributed by atoms with Crippen molar-refractivity contribution in [1.82, 2.24) is 19.7 Å². The van der Waals surface area contributed by atoms with Crippen LogP contribution in [0.2, 0.25) is 0 Å². The lowest BCUT2D eigenvalue weighted by Crippen LogP contribution is -2.05. The van der Waals surface area contributed by atoms with Gasteiger partial charge in [-0.2, -0.15) is 5.10 Å². The molecule has 0 fully saturated rings. The number of rotatable bonds is 4. The fraction of sp³-hybridized carbons (Fsp3) is 0.300. The normalized spacial score (nSPS) is 10.2. The Labute approximate surface area is 88.2 Å². The molecule has 5 heteroatoms. The summed E-state index contributed by atoms with van der Waals surface area (Å²) in [6, 6.07) is 1.85. The van der Waals surface area contributed by atoms with Gasteiger partial charge in [0.15, 0.2) is 5.82 Å². The first-order valence-corrected chi connectivity index (χ1v) is 4.96. The number of hydrogen-bond donors (Lipinski definition) is 1. The van der Waals surface area contributed by atoms with Crippen molar-refractivity contribution in [3.05, 3.63) is 30.9 Å². The van der Waals surface area contributed by atoms with E-state index in [9.17, 15) is 0 Å². The zero-order chi connectivity index (χ0) is 10.5. The van der Waals surface area contributed by atoms with E-state index >= 15 is 0 Å². The molecule has 0 amide bonds. The van der Waals surface area contributed by atoms with E-state index in [1.165, 1.54) is 0 Å². The molecule has 2 heterocycles. The minimum atomic E-state index is 0.723. The van der Waals surface area contributed by atoms with Crippen LogP contribution >= 0.6 is 0 Å². The Morgan fingerprint density at radius 3 is 3.07 bits per heavy atom. The first-order valence-electron chi connectivity index (χ1n) is 4.96. The van der Waals surface area contributed by atoms with Gasteiger partial charge in [-0.3, -0.25) is 4.98 Å². The van der Waals surface area contributed by atoms with Gasteiger partial charge in [-0.1, -0.05) is 6.92 Å². The van der Waals surface area contributed by atoms with Gasteiger partial charge in [-0.15, -0.1) is 0 Å². The summed E-state index contributed by atoms with van der Waals surface area (Å²) in [7, 11) is 0. The van der Waals surface area contributed by atoms with Crippen molar-refractivity contribution >= 4 is 5.82 Å². The highest BCUT2D eigenvalue weighted by Crippen LogP contribution is 2.05. The second kappa shape index (κ2) is 4.54. The highest BCUT2D eigenvalue weighted by atomic mass is 15.3. The molecule has 0 radical (unpaired) electrons. The molecule has 2 aromatic heterocycles. The van der Waals surface area contributed by atoms with E-state index in [1.807, 2.05) is 12.3 Å². The SMILES string of the molecule is CCCNc1cncc(-n2cccn2)n1. The standard InChI is InChI=1S/C10H13N5/c1-2-4-12-9-7-11-8-10(14-9)15-6-3-5-13-15/h3,5-8H,2,4H2,1H3,(H,12,14). The van der Waals surface area contributed by atoms with Gasteiger partial charge in [-0.05, 0) is 12.5 Å². The smallest absolute Gasteiger partial charge is 0.173 e. The molecule has 0 saturated carbocycles. The van der Waals surface area contributed by atoms with Crippen LogP contribution in [0.3, 0.4) is 0 Å². The molecular weight excluding hydrogens is 190 g/mol. The van der Waals surface area contributed by atoms with Crippen molar-refractivity contribution in [2.45, 2.75) is 13.3 Å². The summed E-state index contributed by atoms with van der Waals surface area (Å²) in [5, 5.41) is 7.28. The Hall–Kier alpha value is -1.91. The van der Waals surface area contributed by atoms with Gasteiger partial charge < -0.3 is 5.32 Å². The van der Waals surface area contributed by atoms with E-state index in [1.54, 1.807) is 23.3 Å². The molecule has 0 aromatic carbocycles. The molecule has 2 aromatic rings. The summed E-state index contributed by atoms with van der Waals surface area (Å²) in [5.41, 5.74) is 0. The van der Waals surface area contributed by atoms with E-state index in [2.05, 4.69) is 27.3 Å². The molecule has 78 valence electrons. The monoisotopic (exact) mass is 203 g/mol. The summed E-state index contributed by atoms with van der Waals surface area (Å²) < 4.78 is 1.68. The van der Waals surface area contributed by atoms with Crippen LogP contribution in [0.25, 0.3) is 5.82 Å². The summed E-state index contributed by atoms with van der Waals surface area (Å²) >= 11 is 0. The fourth-order valence-corrected chi connectivity index (χ4v) is 1.21. The number of hydrogen-bond acceptors (Lipinski definition) is 4. The third kappa shape index (κ3) is 2.31. The molecule has 1 N–H and O–H groups in total. The minimum absolute atomic E-state index is 0.723.